The largest absolute Gasteiger partial charge is 0.494 e. The molecule has 2 aliphatic rings. The van der Waals surface area contributed by atoms with Crippen LogP contribution in [0.4, 0.5) is 5.69 Å². The number of carbonyl (C=O) groups excluding carboxylic acids is 1. The number of amides is 1. The van der Waals surface area contributed by atoms with Gasteiger partial charge in [0.05, 0.1) is 18.3 Å². The number of para-hydroxylation sites is 1. The quantitative estimate of drug-likeness (QED) is 0.888. The highest BCUT2D eigenvalue weighted by Gasteiger charge is 2.35. The second-order valence-corrected chi connectivity index (χ2v) is 6.69. The number of hydrogen-bond acceptors (Lipinski definition) is 4. The van der Waals surface area contributed by atoms with Crippen molar-refractivity contribution in [3.05, 3.63) is 59.7 Å². The molecule has 2 aromatic carbocycles. The minimum Gasteiger partial charge on any atom is -0.494 e. The number of anilines is 1. The predicted molar refractivity (Wildman–Crippen MR) is 100 cm³/mol. The molecular weight excluding hydrogens is 328 g/mol. The summed E-state index contributed by atoms with van der Waals surface area (Å²) in [5.74, 6) is 0.887. The van der Waals surface area contributed by atoms with Crippen LogP contribution in [0.2, 0.25) is 0 Å². The van der Waals surface area contributed by atoms with Crippen LogP contribution in [0.5, 0.6) is 5.75 Å². The Kier molecular flexibility index (Phi) is 4.80. The highest BCUT2D eigenvalue weighted by Crippen LogP contribution is 2.34. The highest BCUT2D eigenvalue weighted by molar-refractivity contribution is 6.01. The van der Waals surface area contributed by atoms with E-state index in [1.54, 1.807) is 0 Å². The van der Waals surface area contributed by atoms with Crippen molar-refractivity contribution in [3.8, 4) is 5.75 Å². The first-order chi connectivity index (χ1) is 12.8. The zero-order valence-corrected chi connectivity index (χ0v) is 15.0. The summed E-state index contributed by atoms with van der Waals surface area (Å²) < 4.78 is 11.3. The van der Waals surface area contributed by atoms with E-state index in [2.05, 4.69) is 5.32 Å². The van der Waals surface area contributed by atoms with E-state index >= 15 is 0 Å². The molecule has 2 aliphatic heterocycles. The number of rotatable bonds is 5. The van der Waals surface area contributed by atoms with Crippen LogP contribution in [0.1, 0.15) is 41.9 Å². The Bertz CT molecular complexity index is 769. The van der Waals surface area contributed by atoms with Crippen molar-refractivity contribution in [2.24, 2.45) is 0 Å². The monoisotopic (exact) mass is 352 g/mol. The van der Waals surface area contributed by atoms with Crippen molar-refractivity contribution in [1.82, 2.24) is 4.90 Å². The minimum atomic E-state index is -0.211. The third-order valence-electron chi connectivity index (χ3n) is 4.95. The Labute approximate surface area is 153 Å². The SMILES string of the molecule is CCOc1ccc([C@H]2Nc3ccccc3C(=O)N2C[C@@H]2CCCO2)cc1. The number of nitrogens with one attached hydrogen (secondary N) is 1. The van der Waals surface area contributed by atoms with Crippen molar-refractivity contribution in [2.75, 3.05) is 25.1 Å². The zero-order chi connectivity index (χ0) is 17.9. The van der Waals surface area contributed by atoms with Crippen LogP contribution >= 0.6 is 0 Å². The number of nitrogens with zero attached hydrogens (tertiary/aromatic N) is 1. The van der Waals surface area contributed by atoms with Gasteiger partial charge in [-0.1, -0.05) is 24.3 Å². The van der Waals surface area contributed by atoms with Crippen molar-refractivity contribution in [2.45, 2.75) is 32.0 Å². The Morgan fingerprint density at radius 1 is 1.19 bits per heavy atom. The van der Waals surface area contributed by atoms with Gasteiger partial charge in [-0.15, -0.1) is 0 Å². The number of carbonyl (C=O) groups is 1. The predicted octanol–water partition coefficient (Wildman–Crippen LogP) is 3.83. The third kappa shape index (κ3) is 3.27. The molecule has 1 amide bonds. The lowest BCUT2D eigenvalue weighted by molar-refractivity contribution is 0.0427. The lowest BCUT2D eigenvalue weighted by atomic mass is 10.0. The second kappa shape index (κ2) is 7.38. The Morgan fingerprint density at radius 3 is 2.73 bits per heavy atom. The van der Waals surface area contributed by atoms with Gasteiger partial charge in [0.25, 0.3) is 5.91 Å². The molecule has 26 heavy (non-hydrogen) atoms. The van der Waals surface area contributed by atoms with Crippen LogP contribution in [0.3, 0.4) is 0 Å². The van der Waals surface area contributed by atoms with Crippen LogP contribution in [-0.4, -0.2) is 36.7 Å². The molecule has 4 rings (SSSR count). The topological polar surface area (TPSA) is 50.8 Å². The van der Waals surface area contributed by atoms with Gasteiger partial charge < -0.3 is 19.7 Å². The number of benzene rings is 2. The molecule has 136 valence electrons. The first kappa shape index (κ1) is 16.9. The van der Waals surface area contributed by atoms with Crippen molar-refractivity contribution >= 4 is 11.6 Å². The van der Waals surface area contributed by atoms with E-state index < -0.39 is 0 Å². The van der Waals surface area contributed by atoms with Gasteiger partial charge in [-0.3, -0.25) is 4.79 Å². The molecule has 0 aliphatic carbocycles. The summed E-state index contributed by atoms with van der Waals surface area (Å²) in [4.78, 5) is 15.1. The molecule has 0 aromatic heterocycles. The molecule has 1 saturated heterocycles. The second-order valence-electron chi connectivity index (χ2n) is 6.69. The molecule has 0 bridgehead atoms. The molecule has 1 fully saturated rings. The van der Waals surface area contributed by atoms with E-state index in [0.29, 0.717) is 18.7 Å². The van der Waals surface area contributed by atoms with E-state index in [4.69, 9.17) is 9.47 Å². The maximum Gasteiger partial charge on any atom is 0.257 e. The zero-order valence-electron chi connectivity index (χ0n) is 15.0. The van der Waals surface area contributed by atoms with Crippen LogP contribution < -0.4 is 10.1 Å². The fourth-order valence-corrected chi connectivity index (χ4v) is 3.66. The molecule has 0 spiro atoms. The highest BCUT2D eigenvalue weighted by atomic mass is 16.5. The van der Waals surface area contributed by atoms with Gasteiger partial charge in [0.1, 0.15) is 11.9 Å². The van der Waals surface area contributed by atoms with Gasteiger partial charge in [-0.25, -0.2) is 0 Å². The standard InChI is InChI=1S/C21H24N2O3/c1-2-25-16-11-9-15(10-12-16)20-22-19-8-4-3-7-18(19)21(24)23(20)14-17-6-5-13-26-17/h3-4,7-12,17,20,22H,2,5-6,13-14H2,1H3/t17-,20-/m0/s1. The summed E-state index contributed by atoms with van der Waals surface area (Å²) in [7, 11) is 0. The fraction of sp³-hybridized carbons (Fsp3) is 0.381. The first-order valence-electron chi connectivity index (χ1n) is 9.27. The van der Waals surface area contributed by atoms with E-state index in [1.165, 1.54) is 0 Å². The maximum absolute atomic E-state index is 13.2. The summed E-state index contributed by atoms with van der Waals surface area (Å²) in [6, 6.07) is 15.6. The minimum absolute atomic E-state index is 0.0498. The van der Waals surface area contributed by atoms with E-state index in [9.17, 15) is 4.79 Å². The van der Waals surface area contributed by atoms with Gasteiger partial charge in [0, 0.05) is 18.8 Å². The average molecular weight is 352 g/mol. The van der Waals surface area contributed by atoms with Crippen molar-refractivity contribution in [3.63, 3.8) is 0 Å². The first-order valence-corrected chi connectivity index (χ1v) is 9.27. The lowest BCUT2D eigenvalue weighted by Gasteiger charge is -2.39. The van der Waals surface area contributed by atoms with Gasteiger partial charge in [0.15, 0.2) is 0 Å². The molecule has 0 unspecified atom stereocenters. The van der Waals surface area contributed by atoms with Gasteiger partial charge in [-0.05, 0) is 49.6 Å². The van der Waals surface area contributed by atoms with Crippen LogP contribution in [-0.2, 0) is 4.74 Å². The van der Waals surface area contributed by atoms with Crippen LogP contribution in [0.25, 0.3) is 0 Å². The van der Waals surface area contributed by atoms with Crippen molar-refractivity contribution in [1.29, 1.82) is 0 Å². The van der Waals surface area contributed by atoms with Crippen LogP contribution in [0, 0.1) is 0 Å². The lowest BCUT2D eigenvalue weighted by Crippen LogP contribution is -2.46. The smallest absolute Gasteiger partial charge is 0.257 e. The average Bonchev–Trinajstić information content (AvgIpc) is 3.18. The molecule has 2 aromatic rings. The van der Waals surface area contributed by atoms with Crippen molar-refractivity contribution < 1.29 is 14.3 Å². The maximum atomic E-state index is 13.2. The van der Waals surface area contributed by atoms with Gasteiger partial charge in [0.2, 0.25) is 0 Å². The molecule has 5 heteroatoms. The normalized spacial score (nSPS) is 22.0. The van der Waals surface area contributed by atoms with E-state index in [0.717, 1.165) is 36.4 Å². The summed E-state index contributed by atoms with van der Waals surface area (Å²) >= 11 is 0. The number of fused-ring (bicyclic) bond motifs is 1. The Morgan fingerprint density at radius 2 is 2.00 bits per heavy atom. The third-order valence-corrected chi connectivity index (χ3v) is 4.95. The summed E-state index contributed by atoms with van der Waals surface area (Å²) in [6.07, 6.45) is 1.96. The number of hydrogen-bond donors (Lipinski definition) is 1. The molecule has 2 heterocycles. The van der Waals surface area contributed by atoms with E-state index in [1.807, 2.05) is 60.4 Å². The molecule has 0 saturated carbocycles. The molecular formula is C21H24N2O3. The number of ether oxygens (including phenoxy) is 2. The molecule has 1 N–H and O–H groups in total. The van der Waals surface area contributed by atoms with Gasteiger partial charge >= 0.3 is 0 Å². The molecule has 5 nitrogen and oxygen atoms in total. The van der Waals surface area contributed by atoms with E-state index in [-0.39, 0.29) is 18.2 Å². The summed E-state index contributed by atoms with van der Waals surface area (Å²) in [6.45, 7) is 3.98. The molecule has 0 radical (unpaired) electrons. The Balaban J connectivity index is 1.65. The molecule has 2 atom stereocenters. The summed E-state index contributed by atoms with van der Waals surface area (Å²) in [5, 5.41) is 3.53. The van der Waals surface area contributed by atoms with Gasteiger partial charge in [-0.2, -0.15) is 0 Å². The Hall–Kier alpha value is -2.53. The van der Waals surface area contributed by atoms with Crippen LogP contribution in [0.15, 0.2) is 48.5 Å². The summed E-state index contributed by atoms with van der Waals surface area (Å²) in [5.41, 5.74) is 2.63. The fourth-order valence-electron chi connectivity index (χ4n) is 3.66.